The molecule has 1 fully saturated rings. The van der Waals surface area contributed by atoms with Gasteiger partial charge in [0, 0.05) is 30.9 Å². The summed E-state index contributed by atoms with van der Waals surface area (Å²) in [6, 6.07) is 18.6. The summed E-state index contributed by atoms with van der Waals surface area (Å²) in [6.07, 6.45) is 0. The number of ether oxygens (including phenoxy) is 1. The van der Waals surface area contributed by atoms with Gasteiger partial charge < -0.3 is 25.2 Å². The highest BCUT2D eigenvalue weighted by molar-refractivity contribution is 5.98. The van der Waals surface area contributed by atoms with Crippen LogP contribution in [0.1, 0.15) is 21.5 Å². The van der Waals surface area contributed by atoms with Crippen LogP contribution < -0.4 is 15.4 Å². The van der Waals surface area contributed by atoms with Gasteiger partial charge in [-0.2, -0.15) is 0 Å². The van der Waals surface area contributed by atoms with Crippen molar-refractivity contribution in [3.8, 4) is 5.75 Å². The molecule has 37 heavy (non-hydrogen) atoms. The predicted molar refractivity (Wildman–Crippen MR) is 138 cm³/mol. The molecule has 3 aromatic carbocycles. The summed E-state index contributed by atoms with van der Waals surface area (Å²) in [5, 5.41) is 5.72. The SMILES string of the molecule is COc1cccc(CNC(=O)C2CN(C(=O)Nc3ccc(C)cc3)CCN2C(=O)c2ccc(F)cc2)c1. The number of hydrogen-bond acceptors (Lipinski definition) is 4. The normalized spacial score (nSPS) is 15.2. The van der Waals surface area contributed by atoms with E-state index in [0.29, 0.717) is 11.4 Å². The number of carbonyl (C=O) groups excluding carboxylic acids is 3. The number of benzene rings is 3. The summed E-state index contributed by atoms with van der Waals surface area (Å²) in [7, 11) is 1.56. The topological polar surface area (TPSA) is 91.0 Å². The number of carbonyl (C=O) groups is 3. The number of urea groups is 1. The molecule has 4 rings (SSSR count). The second kappa shape index (κ2) is 11.6. The Labute approximate surface area is 215 Å². The van der Waals surface area contributed by atoms with Crippen molar-refractivity contribution in [1.82, 2.24) is 15.1 Å². The van der Waals surface area contributed by atoms with E-state index in [4.69, 9.17) is 4.74 Å². The van der Waals surface area contributed by atoms with Crippen molar-refractivity contribution >= 4 is 23.5 Å². The molecule has 1 heterocycles. The van der Waals surface area contributed by atoms with E-state index in [0.717, 1.165) is 11.1 Å². The first-order valence-electron chi connectivity index (χ1n) is 11.9. The van der Waals surface area contributed by atoms with E-state index >= 15 is 0 Å². The van der Waals surface area contributed by atoms with Gasteiger partial charge in [-0.25, -0.2) is 9.18 Å². The molecule has 0 spiro atoms. The first-order valence-corrected chi connectivity index (χ1v) is 11.9. The van der Waals surface area contributed by atoms with Gasteiger partial charge in [-0.15, -0.1) is 0 Å². The van der Waals surface area contributed by atoms with Gasteiger partial charge in [-0.05, 0) is 61.0 Å². The van der Waals surface area contributed by atoms with Gasteiger partial charge in [-0.3, -0.25) is 9.59 Å². The molecule has 192 valence electrons. The summed E-state index contributed by atoms with van der Waals surface area (Å²) in [5.41, 5.74) is 2.80. The summed E-state index contributed by atoms with van der Waals surface area (Å²) in [4.78, 5) is 42.5. The number of anilines is 1. The Morgan fingerprint density at radius 3 is 2.43 bits per heavy atom. The molecule has 0 saturated carbocycles. The Morgan fingerprint density at radius 1 is 1.00 bits per heavy atom. The molecule has 8 nitrogen and oxygen atoms in total. The van der Waals surface area contributed by atoms with Crippen LogP contribution in [0.5, 0.6) is 5.75 Å². The Hall–Kier alpha value is -4.40. The van der Waals surface area contributed by atoms with Crippen LogP contribution >= 0.6 is 0 Å². The van der Waals surface area contributed by atoms with E-state index in [1.807, 2.05) is 37.3 Å². The van der Waals surface area contributed by atoms with E-state index in [-0.39, 0.29) is 37.8 Å². The van der Waals surface area contributed by atoms with Gasteiger partial charge in [0.1, 0.15) is 17.6 Å². The zero-order valence-electron chi connectivity index (χ0n) is 20.7. The molecular weight excluding hydrogens is 475 g/mol. The number of rotatable bonds is 6. The average Bonchev–Trinajstić information content (AvgIpc) is 2.92. The number of halogens is 1. The molecule has 0 bridgehead atoms. The first kappa shape index (κ1) is 25.7. The van der Waals surface area contributed by atoms with E-state index in [1.165, 1.54) is 34.1 Å². The minimum atomic E-state index is -0.930. The summed E-state index contributed by atoms with van der Waals surface area (Å²) < 4.78 is 18.6. The standard InChI is InChI=1S/C28H29FN4O4/c1-19-6-12-23(13-7-19)31-28(36)32-14-15-33(27(35)21-8-10-22(29)11-9-21)25(18-32)26(34)30-17-20-4-3-5-24(16-20)37-2/h3-13,16,25H,14-15,17-18H2,1-2H3,(H,30,34)(H,31,36). The molecule has 1 aliphatic heterocycles. The summed E-state index contributed by atoms with van der Waals surface area (Å²) in [5.74, 6) is -0.593. The molecule has 0 aliphatic carbocycles. The van der Waals surface area contributed by atoms with Gasteiger partial charge >= 0.3 is 6.03 Å². The highest BCUT2D eigenvalue weighted by Gasteiger charge is 2.37. The van der Waals surface area contributed by atoms with Crippen LogP contribution in [0.2, 0.25) is 0 Å². The number of aryl methyl sites for hydroxylation is 1. The van der Waals surface area contributed by atoms with Crippen molar-refractivity contribution in [3.05, 3.63) is 95.3 Å². The molecule has 2 N–H and O–H groups in total. The molecule has 0 radical (unpaired) electrons. The zero-order chi connectivity index (χ0) is 26.4. The maximum absolute atomic E-state index is 13.4. The van der Waals surface area contributed by atoms with Crippen LogP contribution in [-0.4, -0.2) is 60.4 Å². The second-order valence-corrected chi connectivity index (χ2v) is 8.83. The van der Waals surface area contributed by atoms with Crippen LogP contribution in [0.3, 0.4) is 0 Å². The van der Waals surface area contributed by atoms with Crippen molar-refractivity contribution in [3.63, 3.8) is 0 Å². The second-order valence-electron chi connectivity index (χ2n) is 8.83. The molecule has 9 heteroatoms. The number of piperazine rings is 1. The molecule has 3 aromatic rings. The van der Waals surface area contributed by atoms with Crippen molar-refractivity contribution < 1.29 is 23.5 Å². The highest BCUT2D eigenvalue weighted by atomic mass is 19.1. The van der Waals surface area contributed by atoms with E-state index in [9.17, 15) is 18.8 Å². The lowest BCUT2D eigenvalue weighted by Crippen LogP contribution is -2.62. The minimum Gasteiger partial charge on any atom is -0.497 e. The third-order valence-corrected chi connectivity index (χ3v) is 6.23. The number of nitrogens with one attached hydrogen (secondary N) is 2. The third kappa shape index (κ3) is 6.43. The highest BCUT2D eigenvalue weighted by Crippen LogP contribution is 2.18. The molecule has 1 atom stereocenters. The first-order chi connectivity index (χ1) is 17.8. The molecule has 1 saturated heterocycles. The molecule has 4 amide bonds. The van der Waals surface area contributed by atoms with Crippen LogP contribution in [0.25, 0.3) is 0 Å². The van der Waals surface area contributed by atoms with Gasteiger partial charge in [0.2, 0.25) is 5.91 Å². The predicted octanol–water partition coefficient (Wildman–Crippen LogP) is 3.82. The van der Waals surface area contributed by atoms with Crippen molar-refractivity contribution in [2.45, 2.75) is 19.5 Å². The zero-order valence-corrected chi connectivity index (χ0v) is 20.7. The fourth-order valence-electron chi connectivity index (χ4n) is 4.12. The van der Waals surface area contributed by atoms with Gasteiger partial charge in [0.25, 0.3) is 5.91 Å². The minimum absolute atomic E-state index is 0.00851. The van der Waals surface area contributed by atoms with Gasteiger partial charge in [0.15, 0.2) is 0 Å². The van der Waals surface area contributed by atoms with Crippen LogP contribution in [-0.2, 0) is 11.3 Å². The van der Waals surface area contributed by atoms with Crippen molar-refractivity contribution in [2.24, 2.45) is 0 Å². The fourth-order valence-corrected chi connectivity index (χ4v) is 4.12. The fraction of sp³-hybridized carbons (Fsp3) is 0.250. The van der Waals surface area contributed by atoms with Crippen LogP contribution in [0.15, 0.2) is 72.8 Å². The number of methoxy groups -OCH3 is 1. The van der Waals surface area contributed by atoms with Crippen LogP contribution in [0, 0.1) is 12.7 Å². The molecule has 0 aromatic heterocycles. The van der Waals surface area contributed by atoms with Gasteiger partial charge in [-0.1, -0.05) is 29.8 Å². The Morgan fingerprint density at radius 2 is 1.73 bits per heavy atom. The lowest BCUT2D eigenvalue weighted by Gasteiger charge is -2.40. The summed E-state index contributed by atoms with van der Waals surface area (Å²) in [6.45, 7) is 2.58. The van der Waals surface area contributed by atoms with Crippen molar-refractivity contribution in [2.75, 3.05) is 32.1 Å². The average molecular weight is 505 g/mol. The van der Waals surface area contributed by atoms with E-state index < -0.39 is 23.7 Å². The lowest BCUT2D eigenvalue weighted by atomic mass is 10.1. The molecular formula is C28H29FN4O4. The monoisotopic (exact) mass is 504 g/mol. The van der Waals surface area contributed by atoms with Crippen molar-refractivity contribution in [1.29, 1.82) is 0 Å². The maximum atomic E-state index is 13.4. The Balaban J connectivity index is 1.50. The Bertz CT molecular complexity index is 1260. The lowest BCUT2D eigenvalue weighted by molar-refractivity contribution is -0.127. The van der Waals surface area contributed by atoms with Gasteiger partial charge in [0.05, 0.1) is 13.7 Å². The molecule has 1 aliphatic rings. The summed E-state index contributed by atoms with van der Waals surface area (Å²) >= 11 is 0. The van der Waals surface area contributed by atoms with E-state index in [1.54, 1.807) is 25.3 Å². The molecule has 1 unspecified atom stereocenters. The Kier molecular flexibility index (Phi) is 8.02. The largest absolute Gasteiger partial charge is 0.497 e. The smallest absolute Gasteiger partial charge is 0.321 e. The number of nitrogens with zero attached hydrogens (tertiary/aromatic N) is 2. The number of amides is 4. The third-order valence-electron chi connectivity index (χ3n) is 6.23. The van der Waals surface area contributed by atoms with E-state index in [2.05, 4.69) is 10.6 Å². The quantitative estimate of drug-likeness (QED) is 0.534. The maximum Gasteiger partial charge on any atom is 0.321 e. The van der Waals surface area contributed by atoms with Crippen LogP contribution in [0.4, 0.5) is 14.9 Å². The number of hydrogen-bond donors (Lipinski definition) is 2.